The number of nitrogens with zero attached hydrogens (tertiary/aromatic N) is 2. The number of ether oxygens (including phenoxy) is 1. The normalized spacial score (nSPS) is 19.2. The van der Waals surface area contributed by atoms with Crippen molar-refractivity contribution in [3.63, 3.8) is 0 Å². The van der Waals surface area contributed by atoms with Crippen LogP contribution in [0.3, 0.4) is 0 Å². The number of carbonyl (C=O) groups excluding carboxylic acids is 2. The van der Waals surface area contributed by atoms with Gasteiger partial charge in [0.25, 0.3) is 5.91 Å². The van der Waals surface area contributed by atoms with Gasteiger partial charge in [-0.25, -0.2) is 13.2 Å². The maximum Gasteiger partial charge on any atom is 0.341 e. The molecule has 1 saturated heterocycles. The maximum absolute atomic E-state index is 13.1. The Labute approximate surface area is 211 Å². The monoisotopic (exact) mass is 519 g/mol. The molecule has 1 amide bonds. The van der Waals surface area contributed by atoms with Crippen LogP contribution in [0.1, 0.15) is 71.2 Å². The van der Waals surface area contributed by atoms with Gasteiger partial charge in [0.05, 0.1) is 17.1 Å². The van der Waals surface area contributed by atoms with Gasteiger partial charge in [0.2, 0.25) is 10.0 Å². The number of sulfonamides is 1. The zero-order valence-electron chi connectivity index (χ0n) is 20.5. The van der Waals surface area contributed by atoms with Crippen molar-refractivity contribution in [2.45, 2.75) is 63.9 Å². The summed E-state index contributed by atoms with van der Waals surface area (Å²) in [5, 5.41) is 3.37. The van der Waals surface area contributed by atoms with E-state index in [0.717, 1.165) is 55.8 Å². The number of piperidine rings is 1. The van der Waals surface area contributed by atoms with E-state index in [0.29, 0.717) is 22.7 Å². The van der Waals surface area contributed by atoms with E-state index in [2.05, 4.69) is 17.1 Å². The average molecular weight is 520 g/mol. The van der Waals surface area contributed by atoms with Gasteiger partial charge >= 0.3 is 5.97 Å². The average Bonchev–Trinajstić information content (AvgIpc) is 3.21. The molecule has 1 fully saturated rings. The number of hydrogen-bond acceptors (Lipinski definition) is 7. The number of thiophene rings is 1. The molecule has 190 valence electrons. The van der Waals surface area contributed by atoms with Crippen LogP contribution < -0.4 is 5.32 Å². The molecule has 0 bridgehead atoms. The number of carbonyl (C=O) groups is 2. The number of nitrogens with one attached hydrogen (secondary N) is 1. The molecule has 0 aliphatic carbocycles. The summed E-state index contributed by atoms with van der Waals surface area (Å²) in [6.45, 7) is 9.06. The molecule has 35 heavy (non-hydrogen) atoms. The molecule has 0 saturated carbocycles. The van der Waals surface area contributed by atoms with Gasteiger partial charge in [-0.05, 0) is 69.5 Å². The molecular formula is C25H33N3O5S2. The quantitative estimate of drug-likeness (QED) is 0.553. The summed E-state index contributed by atoms with van der Waals surface area (Å²) in [6, 6.07) is 5.97. The first-order chi connectivity index (χ1) is 16.8. The van der Waals surface area contributed by atoms with Crippen molar-refractivity contribution in [3.05, 3.63) is 45.8 Å². The fraction of sp³-hybridized carbons (Fsp3) is 0.520. The molecule has 2 aromatic rings. The van der Waals surface area contributed by atoms with Crippen LogP contribution in [0.2, 0.25) is 0 Å². The van der Waals surface area contributed by atoms with Crippen LogP contribution in [0.15, 0.2) is 29.2 Å². The first kappa shape index (κ1) is 25.8. The third kappa shape index (κ3) is 5.30. The molecule has 0 unspecified atom stereocenters. The second kappa shape index (κ2) is 10.8. The Morgan fingerprint density at radius 3 is 2.54 bits per heavy atom. The topological polar surface area (TPSA) is 96.0 Å². The highest BCUT2D eigenvalue weighted by Gasteiger charge is 2.32. The van der Waals surface area contributed by atoms with Crippen molar-refractivity contribution >= 4 is 38.2 Å². The highest BCUT2D eigenvalue weighted by molar-refractivity contribution is 7.89. The lowest BCUT2D eigenvalue weighted by Crippen LogP contribution is -2.41. The summed E-state index contributed by atoms with van der Waals surface area (Å²) >= 11 is 1.41. The Morgan fingerprint density at radius 2 is 1.89 bits per heavy atom. The van der Waals surface area contributed by atoms with Gasteiger partial charge in [0, 0.05) is 36.1 Å². The summed E-state index contributed by atoms with van der Waals surface area (Å²) in [7, 11) is -3.61. The third-order valence-corrected chi connectivity index (χ3v) is 9.91. The zero-order chi connectivity index (χ0) is 25.2. The van der Waals surface area contributed by atoms with E-state index in [-0.39, 0.29) is 17.5 Å². The largest absolute Gasteiger partial charge is 0.462 e. The summed E-state index contributed by atoms with van der Waals surface area (Å²) in [5.74, 6) is -0.820. The van der Waals surface area contributed by atoms with E-state index in [1.54, 1.807) is 11.2 Å². The Hall–Kier alpha value is -2.27. The molecule has 3 heterocycles. The van der Waals surface area contributed by atoms with Crippen molar-refractivity contribution in [2.24, 2.45) is 0 Å². The summed E-state index contributed by atoms with van der Waals surface area (Å²) in [4.78, 5) is 29.4. The van der Waals surface area contributed by atoms with Crippen LogP contribution in [0.4, 0.5) is 5.00 Å². The van der Waals surface area contributed by atoms with Crippen molar-refractivity contribution < 1.29 is 22.7 Å². The van der Waals surface area contributed by atoms with Gasteiger partial charge in [-0.3, -0.25) is 9.69 Å². The number of anilines is 1. The predicted octanol–water partition coefficient (Wildman–Crippen LogP) is 4.12. The van der Waals surface area contributed by atoms with Crippen LogP contribution >= 0.6 is 11.3 Å². The molecule has 0 spiro atoms. The van der Waals surface area contributed by atoms with E-state index in [1.807, 2.05) is 6.92 Å². The van der Waals surface area contributed by atoms with E-state index in [9.17, 15) is 18.0 Å². The molecule has 4 rings (SSSR count). The Morgan fingerprint density at radius 1 is 1.14 bits per heavy atom. The van der Waals surface area contributed by atoms with Gasteiger partial charge < -0.3 is 10.1 Å². The molecular weight excluding hydrogens is 486 g/mol. The second-order valence-corrected chi connectivity index (χ2v) is 12.0. The van der Waals surface area contributed by atoms with Gasteiger partial charge in [-0.2, -0.15) is 4.31 Å². The van der Waals surface area contributed by atoms with Crippen molar-refractivity contribution in [1.29, 1.82) is 0 Å². The summed E-state index contributed by atoms with van der Waals surface area (Å²) < 4.78 is 33.0. The number of likely N-dealkylation sites (N-methyl/N-ethyl adjacent to an activating group) is 1. The van der Waals surface area contributed by atoms with E-state index in [1.165, 1.54) is 35.6 Å². The van der Waals surface area contributed by atoms with Crippen molar-refractivity contribution in [2.75, 3.05) is 31.6 Å². The maximum atomic E-state index is 13.1. The lowest BCUT2D eigenvalue weighted by Gasteiger charge is -2.32. The molecule has 1 aromatic heterocycles. The van der Waals surface area contributed by atoms with Crippen LogP contribution in [-0.4, -0.2) is 61.8 Å². The molecule has 0 radical (unpaired) electrons. The van der Waals surface area contributed by atoms with Crippen molar-refractivity contribution in [3.8, 4) is 0 Å². The fourth-order valence-corrected chi connectivity index (χ4v) is 7.72. The smallest absolute Gasteiger partial charge is 0.341 e. The molecule has 8 nitrogen and oxygen atoms in total. The molecule has 1 N–H and O–H groups in total. The molecule has 10 heteroatoms. The number of hydrogen-bond donors (Lipinski definition) is 1. The minimum absolute atomic E-state index is 0.0356. The minimum atomic E-state index is -3.61. The zero-order valence-corrected chi connectivity index (χ0v) is 22.1. The Balaban J connectivity index is 1.56. The standard InChI is InChI=1S/C25H33N3O5S2/c1-4-27-15-13-20-21(16-27)34-24(22(20)25(30)33-5-2)26-23(29)18-9-11-19(12-10-18)35(31,32)28-14-7-6-8-17(28)3/h9-12,17H,4-8,13-16H2,1-3H3,(H,26,29)/t17-/m1/s1. The van der Waals surface area contributed by atoms with Crippen molar-refractivity contribution in [1.82, 2.24) is 9.21 Å². The van der Waals surface area contributed by atoms with Crippen LogP contribution in [0.25, 0.3) is 0 Å². The van der Waals surface area contributed by atoms with E-state index < -0.39 is 21.9 Å². The highest BCUT2D eigenvalue weighted by Crippen LogP contribution is 2.38. The van der Waals surface area contributed by atoms with Crippen LogP contribution in [0.5, 0.6) is 0 Å². The molecule has 2 aliphatic heterocycles. The van der Waals surface area contributed by atoms with Crippen LogP contribution in [0, 0.1) is 0 Å². The number of benzene rings is 1. The lowest BCUT2D eigenvalue weighted by molar-refractivity contribution is 0.0526. The highest BCUT2D eigenvalue weighted by atomic mass is 32.2. The van der Waals surface area contributed by atoms with Gasteiger partial charge in [0.15, 0.2) is 0 Å². The predicted molar refractivity (Wildman–Crippen MR) is 137 cm³/mol. The third-order valence-electron chi connectivity index (χ3n) is 6.75. The summed E-state index contributed by atoms with van der Waals surface area (Å²) in [5.41, 5.74) is 1.71. The number of fused-ring (bicyclic) bond motifs is 1. The van der Waals surface area contributed by atoms with Gasteiger partial charge in [-0.1, -0.05) is 13.3 Å². The molecule has 1 atom stereocenters. The van der Waals surface area contributed by atoms with Crippen LogP contribution in [-0.2, 0) is 27.7 Å². The first-order valence-electron chi connectivity index (χ1n) is 12.2. The van der Waals surface area contributed by atoms with Gasteiger partial charge in [0.1, 0.15) is 5.00 Å². The molecule has 1 aromatic carbocycles. The number of rotatable bonds is 7. The number of esters is 1. The molecule has 2 aliphatic rings. The Bertz CT molecular complexity index is 1190. The van der Waals surface area contributed by atoms with Gasteiger partial charge in [-0.15, -0.1) is 11.3 Å². The minimum Gasteiger partial charge on any atom is -0.462 e. The second-order valence-electron chi connectivity index (χ2n) is 8.99. The fourth-order valence-electron chi connectivity index (χ4n) is 4.75. The first-order valence-corrected chi connectivity index (χ1v) is 14.5. The summed E-state index contributed by atoms with van der Waals surface area (Å²) in [6.07, 6.45) is 3.46. The lowest BCUT2D eigenvalue weighted by atomic mass is 10.0. The van der Waals surface area contributed by atoms with E-state index in [4.69, 9.17) is 4.74 Å². The Kier molecular flexibility index (Phi) is 7.95. The van der Waals surface area contributed by atoms with E-state index >= 15 is 0 Å². The SMILES string of the molecule is CCOC(=O)c1c(NC(=O)c2ccc(S(=O)(=O)N3CCCC[C@H]3C)cc2)sc2c1CCN(CC)C2. The number of amides is 1.